The molecule has 0 spiro atoms. The third kappa shape index (κ3) is 27.2. The molecule has 0 fully saturated rings. The van der Waals surface area contributed by atoms with Gasteiger partial charge in [-0.05, 0) is 93.8 Å². The number of aliphatic hydroxyl groups is 1. The van der Waals surface area contributed by atoms with Crippen molar-refractivity contribution >= 4 is 80.9 Å². The van der Waals surface area contributed by atoms with Crippen molar-refractivity contribution in [3.63, 3.8) is 0 Å². The molecule has 20 nitrogen and oxygen atoms in total. The van der Waals surface area contributed by atoms with Crippen molar-refractivity contribution in [2.75, 3.05) is 38.8 Å². The fraction of sp³-hybridized carbons (Fsp3) is 0.447. The number of carbonyl (C=O) groups excluding carboxylic acids is 8. The Kier molecular flexibility index (Phi) is 31.1. The number of unbranched alkanes of at least 4 members (excludes halogenated alkanes) is 1. The SMILES string of the molecule is C=C(/C=C\C(=C)OC)C[C@H](NC=O)C(=O)NCC(=O)NC(CCCCN)C(=O)NC(C(=O)NCC(=O)NC(Cc1ccc(O)cc1)C(N)=O)[C@H](C)O.CSSCC(C)NC(=O)CCc1ccc(Cl)cc1. The van der Waals surface area contributed by atoms with Crippen LogP contribution in [0.4, 0.5) is 0 Å². The van der Waals surface area contributed by atoms with E-state index in [0.717, 1.165) is 22.8 Å². The molecule has 2 rings (SSSR count). The van der Waals surface area contributed by atoms with E-state index in [1.54, 1.807) is 39.8 Å². The number of ether oxygens (including phenoxy) is 1. The van der Waals surface area contributed by atoms with Crippen LogP contribution in [0.1, 0.15) is 57.1 Å². The summed E-state index contributed by atoms with van der Waals surface area (Å²) in [7, 11) is 4.91. The van der Waals surface area contributed by atoms with Gasteiger partial charge in [0.25, 0.3) is 0 Å². The molecule has 4 unspecified atom stereocenters. The Morgan fingerprint density at radius 2 is 1.40 bits per heavy atom. The fourth-order valence-corrected chi connectivity index (χ4v) is 7.53. The first-order chi connectivity index (χ1) is 33.2. The van der Waals surface area contributed by atoms with Crippen LogP contribution in [0.25, 0.3) is 0 Å². The number of benzene rings is 2. The van der Waals surface area contributed by atoms with Gasteiger partial charge in [-0.3, -0.25) is 38.4 Å². The standard InChI is InChI=1S/C34H50N8O10.C13H18ClNOS2/c1-20(8-9-21(2)52-4)15-27(39-19-43)32(49)37-17-28(46)40-25(7-5-6-14-35)33(50)42-30(22(3)44)34(51)38-18-29(47)41-26(31(36)48)16-23-10-12-24(45)13-11-23;1-10(9-18-17-2)15-13(16)8-5-11-3-6-12(14)7-4-11/h8-13,19,22,25-27,30,44-45H,1-2,5-7,14-18,35H2,3-4H3,(H2,36,48)(H,37,49)(H,38,51)(H,39,43)(H,40,46)(H,41,47)(H,42,50);3-4,6-7,10H,5,8-9H2,1-2H3,(H,15,16)/b9-8-;/t22-,25?,26?,27-,30?;/m0./s1. The summed E-state index contributed by atoms with van der Waals surface area (Å²) < 4.78 is 4.93. The summed E-state index contributed by atoms with van der Waals surface area (Å²) in [5.41, 5.74) is 13.2. The molecule has 386 valence electrons. The van der Waals surface area contributed by atoms with Crippen molar-refractivity contribution in [2.45, 2.75) is 95.1 Å². The second-order valence-corrected chi connectivity index (χ2v) is 18.8. The van der Waals surface area contributed by atoms with Crippen molar-refractivity contribution in [1.29, 1.82) is 0 Å². The molecule has 8 amide bonds. The van der Waals surface area contributed by atoms with Crippen molar-refractivity contribution in [2.24, 2.45) is 11.5 Å². The molecule has 2 aromatic rings. The van der Waals surface area contributed by atoms with E-state index in [2.05, 4.69) is 50.4 Å². The quantitative estimate of drug-likeness (QED) is 0.0161. The van der Waals surface area contributed by atoms with E-state index in [4.69, 9.17) is 27.8 Å². The number of allylic oxidation sites excluding steroid dienone is 2. The Morgan fingerprint density at radius 1 is 0.800 bits per heavy atom. The molecule has 0 heterocycles. The lowest BCUT2D eigenvalue weighted by Crippen LogP contribution is -2.58. The second kappa shape index (κ2) is 35.1. The Bertz CT molecular complexity index is 2060. The van der Waals surface area contributed by atoms with Crippen molar-refractivity contribution in [1.82, 2.24) is 37.2 Å². The maximum Gasteiger partial charge on any atom is 0.245 e. The number of hydrogen-bond acceptors (Lipinski definition) is 14. The summed E-state index contributed by atoms with van der Waals surface area (Å²) in [6.45, 7) is 9.79. The van der Waals surface area contributed by atoms with E-state index < -0.39 is 78.8 Å². The molecule has 0 saturated carbocycles. The molecule has 0 radical (unpaired) electrons. The number of nitrogens with two attached hydrogens (primary N) is 2. The van der Waals surface area contributed by atoms with E-state index in [9.17, 15) is 48.6 Å². The third-order valence-electron chi connectivity index (χ3n) is 9.78. The number of amides is 8. The van der Waals surface area contributed by atoms with Gasteiger partial charge < -0.3 is 63.6 Å². The number of halogens is 1. The molecule has 23 heteroatoms. The summed E-state index contributed by atoms with van der Waals surface area (Å²) in [6, 6.07) is 8.75. The third-order valence-corrected chi connectivity index (χ3v) is 12.0. The molecule has 0 bridgehead atoms. The van der Waals surface area contributed by atoms with Gasteiger partial charge in [0.1, 0.15) is 35.7 Å². The van der Waals surface area contributed by atoms with Crippen LogP contribution < -0.4 is 48.7 Å². The van der Waals surface area contributed by atoms with Gasteiger partial charge in [-0.15, -0.1) is 0 Å². The molecule has 0 saturated heterocycles. The Morgan fingerprint density at radius 3 is 1.96 bits per heavy atom. The monoisotopic (exact) mass is 1030 g/mol. The molecule has 6 atom stereocenters. The van der Waals surface area contributed by atoms with Gasteiger partial charge in [0, 0.05) is 36.1 Å². The lowest BCUT2D eigenvalue weighted by molar-refractivity contribution is -0.135. The Hall–Kier alpha value is -6.07. The number of aryl methyl sites for hydroxylation is 1. The molecular formula is C47H68ClN9O11S2. The highest BCUT2D eigenvalue weighted by atomic mass is 35.5. The molecule has 70 heavy (non-hydrogen) atoms. The Labute approximate surface area is 422 Å². The van der Waals surface area contributed by atoms with Crippen molar-refractivity contribution < 1.29 is 53.3 Å². The highest BCUT2D eigenvalue weighted by Gasteiger charge is 2.30. The number of methoxy groups -OCH3 is 1. The first-order valence-corrected chi connectivity index (χ1v) is 25.2. The Balaban J connectivity index is 0.00000113. The number of hydrogen-bond donors (Lipinski definition) is 11. The first-order valence-electron chi connectivity index (χ1n) is 22.1. The zero-order chi connectivity index (χ0) is 52.6. The molecule has 0 aliphatic rings. The van der Waals surface area contributed by atoms with Gasteiger partial charge in [0.2, 0.25) is 47.8 Å². The summed E-state index contributed by atoms with van der Waals surface area (Å²) in [6.07, 6.45) is 6.26. The summed E-state index contributed by atoms with van der Waals surface area (Å²) in [5, 5.41) is 37.8. The zero-order valence-electron chi connectivity index (χ0n) is 39.9. The molecule has 2 aromatic carbocycles. The van der Waals surface area contributed by atoms with Crippen LogP contribution in [0.2, 0.25) is 5.02 Å². The van der Waals surface area contributed by atoms with E-state index in [1.807, 2.05) is 37.4 Å². The highest BCUT2D eigenvalue weighted by Crippen LogP contribution is 2.18. The molecular weight excluding hydrogens is 966 g/mol. The second-order valence-electron chi connectivity index (χ2n) is 15.7. The smallest absolute Gasteiger partial charge is 0.245 e. The number of nitrogens with one attached hydrogen (secondary N) is 7. The average Bonchev–Trinajstić information content (AvgIpc) is 3.32. The minimum absolute atomic E-state index is 0.000204. The lowest BCUT2D eigenvalue weighted by atomic mass is 10.1. The summed E-state index contributed by atoms with van der Waals surface area (Å²) >= 11 is 5.81. The van der Waals surface area contributed by atoms with E-state index in [-0.39, 0.29) is 37.0 Å². The number of rotatable bonds is 32. The van der Waals surface area contributed by atoms with Crippen LogP contribution in [0.3, 0.4) is 0 Å². The van der Waals surface area contributed by atoms with Crippen LogP contribution in [0.15, 0.2) is 85.2 Å². The van der Waals surface area contributed by atoms with Gasteiger partial charge in [-0.1, -0.05) is 82.3 Å². The molecule has 0 aliphatic heterocycles. The molecule has 0 aromatic heterocycles. The average molecular weight is 1030 g/mol. The van der Waals surface area contributed by atoms with Crippen LogP contribution in [-0.2, 0) is 55.9 Å². The minimum Gasteiger partial charge on any atom is -0.508 e. The van der Waals surface area contributed by atoms with Gasteiger partial charge in [-0.2, -0.15) is 0 Å². The predicted molar refractivity (Wildman–Crippen MR) is 273 cm³/mol. The van der Waals surface area contributed by atoms with E-state index >= 15 is 0 Å². The van der Waals surface area contributed by atoms with Crippen LogP contribution >= 0.6 is 33.2 Å². The maximum atomic E-state index is 13.3. The van der Waals surface area contributed by atoms with Crippen LogP contribution in [-0.4, -0.2) is 133 Å². The van der Waals surface area contributed by atoms with Crippen molar-refractivity contribution in [3.8, 4) is 5.75 Å². The van der Waals surface area contributed by atoms with Gasteiger partial charge in [-0.25, -0.2) is 0 Å². The van der Waals surface area contributed by atoms with Crippen LogP contribution in [0, 0.1) is 0 Å². The number of phenols is 1. The number of carbonyl (C=O) groups is 8. The van der Waals surface area contributed by atoms with Gasteiger partial charge >= 0.3 is 0 Å². The predicted octanol–water partition coefficient (Wildman–Crippen LogP) is 1.18. The van der Waals surface area contributed by atoms with E-state index in [1.165, 1.54) is 32.2 Å². The minimum atomic E-state index is -1.56. The summed E-state index contributed by atoms with van der Waals surface area (Å²) in [4.78, 5) is 99.1. The fourth-order valence-electron chi connectivity index (χ4n) is 5.96. The highest BCUT2D eigenvalue weighted by molar-refractivity contribution is 8.76. The number of phenolic OH excluding ortho intramolecular Hbond substituents is 1. The lowest BCUT2D eigenvalue weighted by Gasteiger charge is -2.25. The summed E-state index contributed by atoms with van der Waals surface area (Å²) in [5.74, 6) is -3.49. The van der Waals surface area contributed by atoms with Gasteiger partial charge in [0.15, 0.2) is 0 Å². The van der Waals surface area contributed by atoms with Crippen LogP contribution in [0.5, 0.6) is 5.75 Å². The maximum absolute atomic E-state index is 13.3. The number of aliphatic hydroxyl groups excluding tert-OH is 1. The number of primary amides is 1. The zero-order valence-corrected chi connectivity index (χ0v) is 42.3. The first kappa shape index (κ1) is 61.9. The molecule has 13 N–H and O–H groups in total. The largest absolute Gasteiger partial charge is 0.508 e. The van der Waals surface area contributed by atoms with E-state index in [0.29, 0.717) is 49.1 Å². The van der Waals surface area contributed by atoms with Gasteiger partial charge in [0.05, 0.1) is 26.3 Å². The topological polar surface area (TPSA) is 322 Å². The molecule has 0 aliphatic carbocycles. The van der Waals surface area contributed by atoms with Crippen molar-refractivity contribution in [3.05, 3.63) is 101 Å². The normalized spacial score (nSPS) is 13.2. The number of aromatic hydroxyl groups is 1.